The molecule has 1 aromatic heterocycles. The van der Waals surface area contributed by atoms with Crippen LogP contribution >= 0.6 is 0 Å². The summed E-state index contributed by atoms with van der Waals surface area (Å²) in [4.78, 5) is 16.5. The van der Waals surface area contributed by atoms with E-state index in [4.69, 9.17) is 14.2 Å². The third-order valence-electron chi connectivity index (χ3n) is 5.15. The predicted octanol–water partition coefficient (Wildman–Crippen LogP) is 3.14. The van der Waals surface area contributed by atoms with Crippen LogP contribution in [-0.2, 0) is 17.6 Å². The highest BCUT2D eigenvalue weighted by Gasteiger charge is 2.26. The van der Waals surface area contributed by atoms with Crippen molar-refractivity contribution in [3.8, 4) is 28.4 Å². The van der Waals surface area contributed by atoms with Crippen molar-refractivity contribution in [1.82, 2.24) is 10.3 Å². The summed E-state index contributed by atoms with van der Waals surface area (Å²) in [5.41, 5.74) is 4.18. The van der Waals surface area contributed by atoms with Gasteiger partial charge in [-0.05, 0) is 41.0 Å². The molecule has 0 radical (unpaired) electrons. The van der Waals surface area contributed by atoms with Gasteiger partial charge >= 0.3 is 0 Å². The highest BCUT2D eigenvalue weighted by Crippen LogP contribution is 2.38. The summed E-state index contributed by atoms with van der Waals surface area (Å²) in [6.07, 6.45) is 4.54. The second-order valence-electron chi connectivity index (χ2n) is 7.14. The summed E-state index contributed by atoms with van der Waals surface area (Å²) < 4.78 is 16.9. The molecule has 3 aromatic rings. The fourth-order valence-electron chi connectivity index (χ4n) is 3.74. The lowest BCUT2D eigenvalue weighted by Crippen LogP contribution is -2.35. The summed E-state index contributed by atoms with van der Waals surface area (Å²) in [5, 5.41) is 2.99. The number of nitrogens with one attached hydrogen (secondary N) is 1. The maximum atomic E-state index is 12.4. The normalized spacial score (nSPS) is 16.2. The minimum atomic E-state index is -0.0753. The standard InChI is InChI=1S/C23H20N2O4/c26-22(11-15-4-5-20-21(10-15)28-14-27-20)25-13-18-12-17-2-1-3-19(23(17)29-18)16-6-8-24-9-7-16/h1-10,18H,11-14H2,(H,25,26)/t18-/m1/s1. The van der Waals surface area contributed by atoms with Crippen molar-refractivity contribution < 1.29 is 19.0 Å². The van der Waals surface area contributed by atoms with Gasteiger partial charge in [-0.2, -0.15) is 0 Å². The molecule has 146 valence electrons. The molecule has 1 atom stereocenters. The number of rotatable bonds is 5. The monoisotopic (exact) mass is 388 g/mol. The van der Waals surface area contributed by atoms with Gasteiger partial charge in [0.15, 0.2) is 11.5 Å². The molecular weight excluding hydrogens is 368 g/mol. The summed E-state index contributed by atoms with van der Waals surface area (Å²) in [6, 6.07) is 15.7. The molecule has 1 N–H and O–H groups in total. The van der Waals surface area contributed by atoms with Gasteiger partial charge in [-0.25, -0.2) is 0 Å². The molecule has 5 rings (SSSR count). The summed E-state index contributed by atoms with van der Waals surface area (Å²) in [5.74, 6) is 2.26. The molecule has 0 aliphatic carbocycles. The van der Waals surface area contributed by atoms with E-state index in [-0.39, 0.29) is 18.8 Å². The maximum absolute atomic E-state index is 12.4. The predicted molar refractivity (Wildman–Crippen MR) is 107 cm³/mol. The molecule has 1 amide bonds. The largest absolute Gasteiger partial charge is 0.487 e. The third-order valence-corrected chi connectivity index (χ3v) is 5.15. The van der Waals surface area contributed by atoms with Gasteiger partial charge in [-0.1, -0.05) is 24.3 Å². The Balaban J connectivity index is 1.20. The molecule has 2 aromatic carbocycles. The first kappa shape index (κ1) is 17.6. The molecule has 2 aliphatic rings. The number of para-hydroxylation sites is 1. The lowest BCUT2D eigenvalue weighted by atomic mass is 10.0. The Labute approximate surface area is 168 Å². The number of benzene rings is 2. The van der Waals surface area contributed by atoms with E-state index in [0.717, 1.165) is 40.2 Å². The average molecular weight is 388 g/mol. The number of pyridine rings is 1. The lowest BCUT2D eigenvalue weighted by Gasteiger charge is -2.14. The van der Waals surface area contributed by atoms with Gasteiger partial charge in [0.25, 0.3) is 0 Å². The summed E-state index contributed by atoms with van der Waals surface area (Å²) in [7, 11) is 0. The van der Waals surface area contributed by atoms with Gasteiger partial charge < -0.3 is 19.5 Å². The van der Waals surface area contributed by atoms with E-state index in [1.165, 1.54) is 0 Å². The van der Waals surface area contributed by atoms with Crippen LogP contribution in [0.3, 0.4) is 0 Å². The van der Waals surface area contributed by atoms with E-state index < -0.39 is 0 Å². The van der Waals surface area contributed by atoms with Crippen molar-refractivity contribution in [1.29, 1.82) is 0 Å². The van der Waals surface area contributed by atoms with Crippen LogP contribution in [0.1, 0.15) is 11.1 Å². The lowest BCUT2D eigenvalue weighted by molar-refractivity contribution is -0.120. The maximum Gasteiger partial charge on any atom is 0.231 e. The molecule has 0 fully saturated rings. The van der Waals surface area contributed by atoms with Crippen LogP contribution in [0, 0.1) is 0 Å². The second kappa shape index (κ2) is 7.47. The third kappa shape index (κ3) is 3.61. The highest BCUT2D eigenvalue weighted by molar-refractivity contribution is 5.79. The average Bonchev–Trinajstić information content (AvgIpc) is 3.38. The smallest absolute Gasteiger partial charge is 0.231 e. The van der Waals surface area contributed by atoms with Gasteiger partial charge in [-0.15, -0.1) is 0 Å². The molecule has 3 heterocycles. The SMILES string of the molecule is O=C(Cc1ccc2c(c1)OCO2)NC[C@H]1Cc2cccc(-c3ccncc3)c2O1. The van der Waals surface area contributed by atoms with Crippen molar-refractivity contribution in [2.24, 2.45) is 0 Å². The van der Waals surface area contributed by atoms with Gasteiger partial charge in [0.05, 0.1) is 13.0 Å². The number of hydrogen-bond acceptors (Lipinski definition) is 5. The van der Waals surface area contributed by atoms with E-state index in [0.29, 0.717) is 18.7 Å². The Morgan fingerprint density at radius 2 is 1.93 bits per heavy atom. The highest BCUT2D eigenvalue weighted by atomic mass is 16.7. The first-order valence-corrected chi connectivity index (χ1v) is 9.60. The van der Waals surface area contributed by atoms with Crippen molar-refractivity contribution in [2.45, 2.75) is 18.9 Å². The number of carbonyl (C=O) groups excluding carboxylic acids is 1. The van der Waals surface area contributed by atoms with Crippen molar-refractivity contribution in [3.05, 3.63) is 72.1 Å². The minimum absolute atomic E-state index is 0.0437. The zero-order valence-electron chi connectivity index (χ0n) is 15.8. The molecule has 6 nitrogen and oxygen atoms in total. The quantitative estimate of drug-likeness (QED) is 0.727. The fraction of sp³-hybridized carbons (Fsp3) is 0.217. The molecule has 0 saturated heterocycles. The van der Waals surface area contributed by atoms with Crippen molar-refractivity contribution in [2.75, 3.05) is 13.3 Å². The van der Waals surface area contributed by atoms with Gasteiger partial charge in [0, 0.05) is 24.4 Å². The van der Waals surface area contributed by atoms with E-state index in [1.54, 1.807) is 12.4 Å². The van der Waals surface area contributed by atoms with Gasteiger partial charge in [0.2, 0.25) is 12.7 Å². The van der Waals surface area contributed by atoms with E-state index >= 15 is 0 Å². The molecule has 0 unspecified atom stereocenters. The molecule has 0 saturated carbocycles. The molecular formula is C23H20N2O4. The number of hydrogen-bond donors (Lipinski definition) is 1. The number of aromatic nitrogens is 1. The minimum Gasteiger partial charge on any atom is -0.487 e. The van der Waals surface area contributed by atoms with E-state index in [1.807, 2.05) is 36.4 Å². The number of carbonyl (C=O) groups is 1. The first-order valence-electron chi connectivity index (χ1n) is 9.60. The van der Waals surface area contributed by atoms with Crippen LogP contribution in [0.25, 0.3) is 11.1 Å². The molecule has 0 bridgehead atoms. The van der Waals surface area contributed by atoms with Gasteiger partial charge in [0.1, 0.15) is 11.9 Å². The Morgan fingerprint density at radius 1 is 1.07 bits per heavy atom. The van der Waals surface area contributed by atoms with Crippen LogP contribution in [0.15, 0.2) is 60.9 Å². The van der Waals surface area contributed by atoms with Gasteiger partial charge in [-0.3, -0.25) is 9.78 Å². The molecule has 0 spiro atoms. The topological polar surface area (TPSA) is 69.7 Å². The van der Waals surface area contributed by atoms with E-state index in [9.17, 15) is 4.79 Å². The number of ether oxygens (including phenoxy) is 3. The Morgan fingerprint density at radius 3 is 2.83 bits per heavy atom. The first-order chi connectivity index (χ1) is 14.3. The molecule has 2 aliphatic heterocycles. The number of fused-ring (bicyclic) bond motifs is 2. The zero-order chi connectivity index (χ0) is 19.6. The summed E-state index contributed by atoms with van der Waals surface area (Å²) in [6.45, 7) is 0.694. The fourth-order valence-corrected chi connectivity index (χ4v) is 3.74. The van der Waals surface area contributed by atoms with Crippen LogP contribution < -0.4 is 19.5 Å². The molecule has 29 heavy (non-hydrogen) atoms. The Bertz CT molecular complexity index is 1050. The zero-order valence-corrected chi connectivity index (χ0v) is 15.8. The van der Waals surface area contributed by atoms with Crippen LogP contribution in [-0.4, -0.2) is 30.3 Å². The van der Waals surface area contributed by atoms with Crippen LogP contribution in [0.5, 0.6) is 17.2 Å². The molecule has 6 heteroatoms. The van der Waals surface area contributed by atoms with Crippen LogP contribution in [0.4, 0.5) is 0 Å². The number of amides is 1. The van der Waals surface area contributed by atoms with E-state index in [2.05, 4.69) is 22.4 Å². The Hall–Kier alpha value is -3.54. The van der Waals surface area contributed by atoms with Crippen LogP contribution in [0.2, 0.25) is 0 Å². The second-order valence-corrected chi connectivity index (χ2v) is 7.14. The number of nitrogens with zero attached hydrogens (tertiary/aromatic N) is 1. The van der Waals surface area contributed by atoms with Crippen molar-refractivity contribution >= 4 is 5.91 Å². The Kier molecular flexibility index (Phi) is 4.52. The van der Waals surface area contributed by atoms with Crippen molar-refractivity contribution in [3.63, 3.8) is 0 Å². The summed E-state index contributed by atoms with van der Waals surface area (Å²) >= 11 is 0.